The normalized spacial score (nSPS) is 20.8. The molecule has 0 radical (unpaired) electrons. The number of hydrogen-bond acceptors (Lipinski definition) is 9. The highest BCUT2D eigenvalue weighted by Crippen LogP contribution is 2.31. The SMILES string of the molecule is NNc1nc(NCC2(O)CCC2)nc(N2CCOCC2)n1. The number of rotatable bonds is 5. The van der Waals surface area contributed by atoms with Crippen LogP contribution in [-0.2, 0) is 4.74 Å². The summed E-state index contributed by atoms with van der Waals surface area (Å²) in [6, 6.07) is 0. The van der Waals surface area contributed by atoms with Crippen LogP contribution in [0.2, 0.25) is 0 Å². The first kappa shape index (κ1) is 14.2. The van der Waals surface area contributed by atoms with Gasteiger partial charge in [0.15, 0.2) is 0 Å². The minimum absolute atomic E-state index is 0.301. The third-order valence-corrected chi connectivity index (χ3v) is 3.91. The summed E-state index contributed by atoms with van der Waals surface area (Å²) in [5, 5.41) is 13.2. The molecule has 3 rings (SSSR count). The minimum Gasteiger partial charge on any atom is -0.388 e. The number of hydrazine groups is 1. The largest absolute Gasteiger partial charge is 0.388 e. The number of anilines is 3. The molecule has 21 heavy (non-hydrogen) atoms. The van der Waals surface area contributed by atoms with Crippen LogP contribution in [0.3, 0.4) is 0 Å². The van der Waals surface area contributed by atoms with Gasteiger partial charge in [0, 0.05) is 19.6 Å². The number of ether oxygens (including phenoxy) is 1. The first-order chi connectivity index (χ1) is 10.2. The van der Waals surface area contributed by atoms with E-state index in [0.717, 1.165) is 32.4 Å². The molecule has 0 unspecified atom stereocenters. The molecule has 5 N–H and O–H groups in total. The fourth-order valence-electron chi connectivity index (χ4n) is 2.42. The van der Waals surface area contributed by atoms with Crippen LogP contribution in [0.5, 0.6) is 0 Å². The molecular weight excluding hydrogens is 274 g/mol. The number of nitrogens with one attached hydrogen (secondary N) is 2. The second kappa shape index (κ2) is 5.96. The molecule has 1 aromatic heterocycles. The average Bonchev–Trinajstić information content (AvgIpc) is 2.51. The number of morpholine rings is 1. The van der Waals surface area contributed by atoms with Crippen LogP contribution in [0.1, 0.15) is 19.3 Å². The van der Waals surface area contributed by atoms with E-state index in [4.69, 9.17) is 10.6 Å². The van der Waals surface area contributed by atoms with Gasteiger partial charge in [0.2, 0.25) is 17.8 Å². The maximum atomic E-state index is 10.1. The molecule has 0 spiro atoms. The van der Waals surface area contributed by atoms with Crippen LogP contribution in [0.4, 0.5) is 17.8 Å². The van der Waals surface area contributed by atoms with Gasteiger partial charge in [-0.05, 0) is 19.3 Å². The third kappa shape index (κ3) is 3.31. The van der Waals surface area contributed by atoms with Crippen molar-refractivity contribution in [2.45, 2.75) is 24.9 Å². The molecule has 2 fully saturated rings. The molecule has 0 atom stereocenters. The van der Waals surface area contributed by atoms with Gasteiger partial charge in [-0.2, -0.15) is 15.0 Å². The molecule has 9 heteroatoms. The Morgan fingerprint density at radius 3 is 2.52 bits per heavy atom. The summed E-state index contributed by atoms with van der Waals surface area (Å²) in [5.41, 5.74) is 1.81. The Morgan fingerprint density at radius 1 is 1.19 bits per heavy atom. The van der Waals surface area contributed by atoms with E-state index in [1.165, 1.54) is 0 Å². The van der Waals surface area contributed by atoms with Gasteiger partial charge in [0.1, 0.15) is 0 Å². The molecule has 0 bridgehead atoms. The number of nitrogens with two attached hydrogens (primary N) is 1. The van der Waals surface area contributed by atoms with E-state index in [-0.39, 0.29) is 0 Å². The number of hydrogen-bond donors (Lipinski definition) is 4. The molecule has 1 aliphatic carbocycles. The molecule has 116 valence electrons. The Labute approximate surface area is 122 Å². The monoisotopic (exact) mass is 295 g/mol. The Hall–Kier alpha value is -1.71. The Bertz CT molecular complexity index is 488. The molecule has 1 aliphatic heterocycles. The zero-order valence-corrected chi connectivity index (χ0v) is 11.9. The van der Waals surface area contributed by atoms with E-state index in [1.807, 2.05) is 4.90 Å². The maximum absolute atomic E-state index is 10.1. The molecule has 0 aromatic carbocycles. The van der Waals surface area contributed by atoms with Gasteiger partial charge in [-0.15, -0.1) is 0 Å². The van der Waals surface area contributed by atoms with Crippen LogP contribution in [-0.4, -0.2) is 58.5 Å². The van der Waals surface area contributed by atoms with Gasteiger partial charge in [0.25, 0.3) is 0 Å². The first-order valence-electron chi connectivity index (χ1n) is 7.20. The zero-order valence-electron chi connectivity index (χ0n) is 11.9. The van der Waals surface area contributed by atoms with Crippen molar-refractivity contribution in [3.63, 3.8) is 0 Å². The van der Waals surface area contributed by atoms with Crippen LogP contribution < -0.4 is 21.5 Å². The van der Waals surface area contributed by atoms with Crippen molar-refractivity contribution in [3.8, 4) is 0 Å². The third-order valence-electron chi connectivity index (χ3n) is 3.91. The van der Waals surface area contributed by atoms with Crippen molar-refractivity contribution in [1.29, 1.82) is 0 Å². The van der Waals surface area contributed by atoms with Crippen molar-refractivity contribution >= 4 is 17.8 Å². The topological polar surface area (TPSA) is 121 Å². The standard InChI is InChI=1S/C12H21N7O2/c13-18-10-15-9(14-8-12(20)2-1-3-12)16-11(17-10)19-4-6-21-7-5-19/h20H,1-8,13H2,(H2,14,15,16,17,18). The molecule has 1 saturated carbocycles. The van der Waals surface area contributed by atoms with Gasteiger partial charge in [0.05, 0.1) is 18.8 Å². The zero-order chi connectivity index (χ0) is 14.7. The fraction of sp³-hybridized carbons (Fsp3) is 0.750. The summed E-state index contributed by atoms with van der Waals surface area (Å²) >= 11 is 0. The van der Waals surface area contributed by atoms with Gasteiger partial charge >= 0.3 is 0 Å². The smallest absolute Gasteiger partial charge is 0.243 e. The molecule has 9 nitrogen and oxygen atoms in total. The number of aromatic nitrogens is 3. The quantitative estimate of drug-likeness (QED) is 0.413. The molecule has 1 saturated heterocycles. The van der Waals surface area contributed by atoms with E-state index < -0.39 is 5.60 Å². The van der Waals surface area contributed by atoms with E-state index in [1.54, 1.807) is 0 Å². The Balaban J connectivity index is 1.72. The van der Waals surface area contributed by atoms with Crippen molar-refractivity contribution in [1.82, 2.24) is 15.0 Å². The van der Waals surface area contributed by atoms with Gasteiger partial charge < -0.3 is 20.1 Å². The predicted octanol–water partition coefficient (Wildman–Crippen LogP) is -0.679. The van der Waals surface area contributed by atoms with Gasteiger partial charge in [-0.1, -0.05) is 0 Å². The summed E-state index contributed by atoms with van der Waals surface area (Å²) in [5.74, 6) is 6.69. The molecule has 0 amide bonds. The molecule has 1 aromatic rings. The number of aliphatic hydroxyl groups is 1. The lowest BCUT2D eigenvalue weighted by molar-refractivity contribution is -0.0203. The van der Waals surface area contributed by atoms with Crippen molar-refractivity contribution in [2.24, 2.45) is 5.84 Å². The van der Waals surface area contributed by atoms with E-state index in [2.05, 4.69) is 25.7 Å². The summed E-state index contributed by atoms with van der Waals surface area (Å²) in [6.07, 6.45) is 2.68. The van der Waals surface area contributed by atoms with Crippen LogP contribution in [0, 0.1) is 0 Å². The summed E-state index contributed by atoms with van der Waals surface area (Å²) in [7, 11) is 0. The molecule has 2 aliphatic rings. The van der Waals surface area contributed by atoms with Crippen molar-refractivity contribution in [3.05, 3.63) is 0 Å². The van der Waals surface area contributed by atoms with Crippen LogP contribution in [0.25, 0.3) is 0 Å². The predicted molar refractivity (Wildman–Crippen MR) is 78.0 cm³/mol. The summed E-state index contributed by atoms with van der Waals surface area (Å²) < 4.78 is 5.32. The molecule has 2 heterocycles. The van der Waals surface area contributed by atoms with Gasteiger partial charge in [-0.25, -0.2) is 5.84 Å². The Morgan fingerprint density at radius 2 is 1.90 bits per heavy atom. The highest BCUT2D eigenvalue weighted by molar-refractivity contribution is 5.43. The fourth-order valence-corrected chi connectivity index (χ4v) is 2.42. The number of nitrogens with zero attached hydrogens (tertiary/aromatic N) is 4. The minimum atomic E-state index is -0.637. The highest BCUT2D eigenvalue weighted by Gasteiger charge is 2.34. The van der Waals surface area contributed by atoms with Crippen molar-refractivity contribution in [2.75, 3.05) is 48.5 Å². The lowest BCUT2D eigenvalue weighted by Crippen LogP contribution is -2.43. The maximum Gasteiger partial charge on any atom is 0.243 e. The van der Waals surface area contributed by atoms with Crippen LogP contribution >= 0.6 is 0 Å². The summed E-state index contributed by atoms with van der Waals surface area (Å²) in [6.45, 7) is 3.21. The van der Waals surface area contributed by atoms with Crippen LogP contribution in [0.15, 0.2) is 0 Å². The first-order valence-corrected chi connectivity index (χ1v) is 7.20. The van der Waals surface area contributed by atoms with E-state index >= 15 is 0 Å². The Kier molecular flexibility index (Phi) is 4.04. The van der Waals surface area contributed by atoms with Crippen molar-refractivity contribution < 1.29 is 9.84 Å². The second-order valence-corrected chi connectivity index (χ2v) is 5.46. The highest BCUT2D eigenvalue weighted by atomic mass is 16.5. The molecular formula is C12H21N7O2. The summed E-state index contributed by atoms with van der Waals surface area (Å²) in [4.78, 5) is 14.9. The number of nitrogen functional groups attached to an aromatic ring is 1. The van der Waals surface area contributed by atoms with Gasteiger partial charge in [-0.3, -0.25) is 5.43 Å². The second-order valence-electron chi connectivity index (χ2n) is 5.46. The average molecular weight is 295 g/mol. The van der Waals surface area contributed by atoms with E-state index in [0.29, 0.717) is 37.6 Å². The lowest BCUT2D eigenvalue weighted by atomic mass is 9.80. The lowest BCUT2D eigenvalue weighted by Gasteiger charge is -2.36. The van der Waals surface area contributed by atoms with E-state index in [9.17, 15) is 5.11 Å².